The van der Waals surface area contributed by atoms with E-state index in [9.17, 15) is 0 Å². The molecule has 0 bridgehead atoms. The summed E-state index contributed by atoms with van der Waals surface area (Å²) in [5.74, 6) is 2.13. The molecular formula is C23H20N2O3. The Kier molecular flexibility index (Phi) is 5.06. The third-order valence-corrected chi connectivity index (χ3v) is 4.65. The molecule has 0 aliphatic carbocycles. The van der Waals surface area contributed by atoms with Gasteiger partial charge in [-0.1, -0.05) is 48.5 Å². The summed E-state index contributed by atoms with van der Waals surface area (Å²) >= 11 is 0. The molecule has 4 rings (SSSR count). The second kappa shape index (κ2) is 7.96. The number of ether oxygens (including phenoxy) is 1. The van der Waals surface area contributed by atoms with E-state index in [2.05, 4.69) is 10.1 Å². The van der Waals surface area contributed by atoms with Crippen LogP contribution in [0.4, 0.5) is 0 Å². The number of nitrogens with zero attached hydrogens (tertiary/aromatic N) is 2. The first-order chi connectivity index (χ1) is 13.8. The van der Waals surface area contributed by atoms with Crippen molar-refractivity contribution in [3.63, 3.8) is 0 Å². The quantitative estimate of drug-likeness (QED) is 0.280. The number of aryl methyl sites for hydroxylation is 1. The second-order valence-corrected chi connectivity index (χ2v) is 6.45. The van der Waals surface area contributed by atoms with E-state index < -0.39 is 0 Å². The molecule has 0 saturated carbocycles. The average molecular weight is 372 g/mol. The molecule has 0 radical (unpaired) electrons. The molecule has 0 aliphatic rings. The van der Waals surface area contributed by atoms with Gasteiger partial charge in [0.25, 0.3) is 0 Å². The van der Waals surface area contributed by atoms with Crippen LogP contribution < -0.4 is 4.74 Å². The minimum Gasteiger partial charge on any atom is -0.487 e. The van der Waals surface area contributed by atoms with Crippen LogP contribution in [0.25, 0.3) is 22.2 Å². The van der Waals surface area contributed by atoms with Crippen LogP contribution in [0.2, 0.25) is 0 Å². The Balaban J connectivity index is 1.59. The molecule has 1 heterocycles. The van der Waals surface area contributed by atoms with Gasteiger partial charge in [0.1, 0.15) is 23.8 Å². The molecule has 0 saturated heterocycles. The van der Waals surface area contributed by atoms with Gasteiger partial charge < -0.3 is 14.4 Å². The topological polar surface area (TPSA) is 67.9 Å². The van der Waals surface area contributed by atoms with Gasteiger partial charge in [-0.3, -0.25) is 0 Å². The highest BCUT2D eigenvalue weighted by molar-refractivity contribution is 5.92. The highest BCUT2D eigenvalue weighted by Gasteiger charge is 2.13. The van der Waals surface area contributed by atoms with Crippen LogP contribution in [-0.2, 0) is 13.0 Å². The van der Waals surface area contributed by atoms with E-state index in [0.717, 1.165) is 39.1 Å². The van der Waals surface area contributed by atoms with Crippen LogP contribution in [-0.4, -0.2) is 16.4 Å². The van der Waals surface area contributed by atoms with Crippen molar-refractivity contribution < 1.29 is 14.4 Å². The molecule has 1 N–H and O–H groups in total. The summed E-state index contributed by atoms with van der Waals surface area (Å²) in [6.45, 7) is 2.22. The van der Waals surface area contributed by atoms with Gasteiger partial charge in [-0.2, -0.15) is 0 Å². The van der Waals surface area contributed by atoms with Crippen LogP contribution in [0.1, 0.15) is 17.0 Å². The molecule has 5 heteroatoms. The largest absolute Gasteiger partial charge is 0.487 e. The molecule has 3 aromatic carbocycles. The van der Waals surface area contributed by atoms with Gasteiger partial charge in [0, 0.05) is 23.6 Å². The molecule has 140 valence electrons. The predicted molar refractivity (Wildman–Crippen MR) is 109 cm³/mol. The fraction of sp³-hybridized carbons (Fsp3) is 0.130. The van der Waals surface area contributed by atoms with E-state index >= 15 is 0 Å². The molecule has 0 atom stereocenters. The van der Waals surface area contributed by atoms with Crippen molar-refractivity contribution in [1.29, 1.82) is 0 Å². The lowest BCUT2D eigenvalue weighted by Gasteiger charge is -2.11. The van der Waals surface area contributed by atoms with Gasteiger partial charge in [-0.05, 0) is 36.1 Å². The number of rotatable bonds is 6. The molecule has 0 unspecified atom stereocenters. The number of benzene rings is 3. The molecule has 1 aromatic heterocycles. The summed E-state index contributed by atoms with van der Waals surface area (Å²) in [5, 5.41) is 13.9. The Morgan fingerprint density at radius 3 is 2.54 bits per heavy atom. The Labute approximate surface area is 162 Å². The number of hydrogen-bond acceptors (Lipinski definition) is 5. The molecule has 0 fully saturated rings. The first kappa shape index (κ1) is 17.8. The molecular weight excluding hydrogens is 352 g/mol. The lowest BCUT2D eigenvalue weighted by atomic mass is 10.0. The second-order valence-electron chi connectivity index (χ2n) is 6.45. The number of aromatic nitrogens is 1. The highest BCUT2D eigenvalue weighted by Crippen LogP contribution is 2.30. The SMILES string of the molecule is Cc1oc(-c2ccccc2)nc1COc1ccc(C/C=N/O)c2ccccc12. The third-order valence-electron chi connectivity index (χ3n) is 4.65. The Hall–Kier alpha value is -3.60. The first-order valence-electron chi connectivity index (χ1n) is 9.07. The van der Waals surface area contributed by atoms with Crippen molar-refractivity contribution in [1.82, 2.24) is 4.98 Å². The summed E-state index contributed by atoms with van der Waals surface area (Å²) in [6.07, 6.45) is 2.03. The average Bonchev–Trinajstić information content (AvgIpc) is 3.12. The van der Waals surface area contributed by atoms with Gasteiger partial charge in [0.05, 0.1) is 0 Å². The van der Waals surface area contributed by atoms with Gasteiger partial charge in [-0.25, -0.2) is 4.98 Å². The normalized spacial score (nSPS) is 11.3. The van der Waals surface area contributed by atoms with Crippen LogP contribution >= 0.6 is 0 Å². The van der Waals surface area contributed by atoms with E-state index in [-0.39, 0.29) is 0 Å². The van der Waals surface area contributed by atoms with E-state index in [1.54, 1.807) is 0 Å². The Morgan fingerprint density at radius 1 is 1.00 bits per heavy atom. The number of oxime groups is 1. The number of fused-ring (bicyclic) bond motifs is 1. The zero-order valence-electron chi connectivity index (χ0n) is 15.5. The Morgan fingerprint density at radius 2 is 1.75 bits per heavy atom. The van der Waals surface area contributed by atoms with Crippen molar-refractivity contribution >= 4 is 17.0 Å². The molecule has 0 spiro atoms. The lowest BCUT2D eigenvalue weighted by molar-refractivity contribution is 0.303. The summed E-state index contributed by atoms with van der Waals surface area (Å²) in [6, 6.07) is 21.8. The minimum absolute atomic E-state index is 0.323. The summed E-state index contributed by atoms with van der Waals surface area (Å²) < 4.78 is 11.9. The van der Waals surface area contributed by atoms with Gasteiger partial charge >= 0.3 is 0 Å². The third kappa shape index (κ3) is 3.60. The fourth-order valence-electron chi connectivity index (χ4n) is 3.19. The van der Waals surface area contributed by atoms with E-state index in [1.807, 2.05) is 73.7 Å². The standard InChI is InChI=1S/C23H20N2O3/c1-16-21(25-23(28-16)18-7-3-2-4-8-18)15-27-22-12-11-17(13-14-24-26)19-9-5-6-10-20(19)22/h2-12,14,26H,13,15H2,1H3/b24-14+. The van der Waals surface area contributed by atoms with Crippen molar-refractivity contribution in [2.45, 2.75) is 20.0 Å². The van der Waals surface area contributed by atoms with Crippen molar-refractivity contribution in [3.05, 3.63) is 83.7 Å². The molecule has 4 aromatic rings. The highest BCUT2D eigenvalue weighted by atomic mass is 16.5. The maximum atomic E-state index is 8.70. The van der Waals surface area contributed by atoms with Gasteiger partial charge in [-0.15, -0.1) is 5.16 Å². The van der Waals surface area contributed by atoms with Crippen LogP contribution in [0.15, 0.2) is 76.3 Å². The first-order valence-corrected chi connectivity index (χ1v) is 9.07. The van der Waals surface area contributed by atoms with Crippen molar-refractivity contribution in [2.24, 2.45) is 5.16 Å². The van der Waals surface area contributed by atoms with Crippen LogP contribution in [0.5, 0.6) is 5.75 Å². The fourth-order valence-corrected chi connectivity index (χ4v) is 3.19. The van der Waals surface area contributed by atoms with Gasteiger partial charge in [0.15, 0.2) is 0 Å². The van der Waals surface area contributed by atoms with Crippen molar-refractivity contribution in [2.75, 3.05) is 0 Å². The number of oxazole rings is 1. The van der Waals surface area contributed by atoms with E-state index in [1.165, 1.54) is 6.21 Å². The van der Waals surface area contributed by atoms with E-state index in [0.29, 0.717) is 18.9 Å². The smallest absolute Gasteiger partial charge is 0.226 e. The van der Waals surface area contributed by atoms with Crippen LogP contribution in [0, 0.1) is 6.92 Å². The molecule has 0 aliphatic heterocycles. The molecule has 5 nitrogen and oxygen atoms in total. The minimum atomic E-state index is 0.323. The zero-order chi connectivity index (χ0) is 19.3. The van der Waals surface area contributed by atoms with Gasteiger partial charge in [0.2, 0.25) is 5.89 Å². The molecule has 28 heavy (non-hydrogen) atoms. The number of hydrogen-bond donors (Lipinski definition) is 1. The van der Waals surface area contributed by atoms with Crippen molar-refractivity contribution in [3.8, 4) is 17.2 Å². The Bertz CT molecular complexity index is 1120. The van der Waals surface area contributed by atoms with Crippen LogP contribution in [0.3, 0.4) is 0 Å². The monoisotopic (exact) mass is 372 g/mol. The molecule has 0 amide bonds. The summed E-state index contributed by atoms with van der Waals surface area (Å²) in [4.78, 5) is 4.60. The maximum absolute atomic E-state index is 8.70. The predicted octanol–water partition coefficient (Wildman–Crippen LogP) is 5.38. The van der Waals surface area contributed by atoms with E-state index in [4.69, 9.17) is 14.4 Å². The maximum Gasteiger partial charge on any atom is 0.226 e. The summed E-state index contributed by atoms with van der Waals surface area (Å²) in [7, 11) is 0. The zero-order valence-corrected chi connectivity index (χ0v) is 15.5. The summed E-state index contributed by atoms with van der Waals surface area (Å²) in [5.41, 5.74) is 2.79. The lowest BCUT2D eigenvalue weighted by Crippen LogP contribution is -1.99.